The topological polar surface area (TPSA) is 70.6 Å². The number of carbonyl (C=O) groups excluding carboxylic acids is 1. The number of phenols is 1. The van der Waals surface area contributed by atoms with E-state index >= 15 is 0 Å². The standard InChI is InChI=1S/C27H25BrN2O3/c1-15-7-9-16(10-8-15)17-12-22-25(23(31)13-17)26(30-21-6-4-3-5-20(21)29-22)18-11-19(28)27(32)24(14-18)33-2/h3-11,14,17,26,29-30,32H,12-13H2,1-2H3/t17-,26-/m1/s1. The molecule has 3 N–H and O–H groups in total. The van der Waals surface area contributed by atoms with Crippen molar-refractivity contribution in [2.45, 2.75) is 31.7 Å². The van der Waals surface area contributed by atoms with Gasteiger partial charge >= 0.3 is 0 Å². The van der Waals surface area contributed by atoms with Gasteiger partial charge in [0.2, 0.25) is 0 Å². The fraction of sp³-hybridized carbons (Fsp3) is 0.222. The number of aromatic hydroxyl groups is 1. The summed E-state index contributed by atoms with van der Waals surface area (Å²) in [7, 11) is 1.52. The summed E-state index contributed by atoms with van der Waals surface area (Å²) >= 11 is 3.43. The average molecular weight is 505 g/mol. The predicted octanol–water partition coefficient (Wildman–Crippen LogP) is 6.45. The zero-order chi connectivity index (χ0) is 23.1. The third kappa shape index (κ3) is 4.00. The van der Waals surface area contributed by atoms with Crippen LogP contribution in [0.3, 0.4) is 0 Å². The largest absolute Gasteiger partial charge is 0.503 e. The Balaban J connectivity index is 1.63. The molecule has 0 bridgehead atoms. The number of fused-ring (bicyclic) bond motifs is 1. The van der Waals surface area contributed by atoms with Crippen LogP contribution < -0.4 is 15.4 Å². The molecule has 6 heteroatoms. The summed E-state index contributed by atoms with van der Waals surface area (Å²) < 4.78 is 5.90. The van der Waals surface area contributed by atoms with Crippen LogP contribution >= 0.6 is 15.9 Å². The second kappa shape index (κ2) is 8.60. The first-order chi connectivity index (χ1) is 15.9. The molecule has 168 valence electrons. The van der Waals surface area contributed by atoms with Crippen LogP contribution in [0.4, 0.5) is 11.4 Å². The van der Waals surface area contributed by atoms with Gasteiger partial charge < -0.3 is 20.5 Å². The number of para-hydroxylation sites is 2. The summed E-state index contributed by atoms with van der Waals surface area (Å²) in [5.74, 6) is 0.630. The summed E-state index contributed by atoms with van der Waals surface area (Å²) in [6.07, 6.45) is 1.20. The van der Waals surface area contributed by atoms with Gasteiger partial charge in [-0.1, -0.05) is 42.0 Å². The van der Waals surface area contributed by atoms with Crippen LogP contribution in [0.2, 0.25) is 0 Å². The fourth-order valence-corrected chi connectivity index (χ4v) is 5.19. The van der Waals surface area contributed by atoms with Crippen molar-refractivity contribution in [3.05, 3.63) is 93.1 Å². The zero-order valence-electron chi connectivity index (χ0n) is 18.5. The molecule has 1 heterocycles. The summed E-state index contributed by atoms with van der Waals surface area (Å²) in [5.41, 5.74) is 6.74. The highest BCUT2D eigenvalue weighted by Gasteiger charge is 2.36. The maximum absolute atomic E-state index is 13.6. The number of aryl methyl sites for hydroxylation is 1. The first kappa shape index (κ1) is 21.6. The molecule has 2 aliphatic rings. The van der Waals surface area contributed by atoms with Crippen LogP contribution in [-0.4, -0.2) is 18.0 Å². The molecule has 33 heavy (non-hydrogen) atoms. The Labute approximate surface area is 201 Å². The molecule has 0 saturated heterocycles. The number of ketones is 1. The number of ether oxygens (including phenoxy) is 1. The molecule has 0 amide bonds. The number of phenolic OH excluding ortho intramolecular Hbond substituents is 1. The van der Waals surface area contributed by atoms with Crippen LogP contribution in [-0.2, 0) is 4.79 Å². The summed E-state index contributed by atoms with van der Waals surface area (Å²) in [6.45, 7) is 2.07. The summed E-state index contributed by atoms with van der Waals surface area (Å²) in [5, 5.41) is 17.4. The lowest BCUT2D eigenvalue weighted by Gasteiger charge is -2.30. The van der Waals surface area contributed by atoms with Gasteiger partial charge in [-0.2, -0.15) is 0 Å². The number of methoxy groups -OCH3 is 1. The first-order valence-electron chi connectivity index (χ1n) is 11.0. The normalized spacial score (nSPS) is 19.7. The highest BCUT2D eigenvalue weighted by Crippen LogP contribution is 2.46. The van der Waals surface area contributed by atoms with Crippen molar-refractivity contribution in [3.8, 4) is 11.5 Å². The number of benzene rings is 3. The number of nitrogens with one attached hydrogen (secondary N) is 2. The molecule has 3 aromatic rings. The highest BCUT2D eigenvalue weighted by atomic mass is 79.9. The summed E-state index contributed by atoms with van der Waals surface area (Å²) in [6, 6.07) is 19.7. The van der Waals surface area contributed by atoms with Crippen LogP contribution in [0.15, 0.2) is 76.4 Å². The minimum absolute atomic E-state index is 0.0389. The van der Waals surface area contributed by atoms with Gasteiger partial charge in [0.25, 0.3) is 0 Å². The number of hydrogen-bond donors (Lipinski definition) is 3. The number of rotatable bonds is 3. The highest BCUT2D eigenvalue weighted by molar-refractivity contribution is 9.10. The molecule has 0 aromatic heterocycles. The second-order valence-corrected chi connectivity index (χ2v) is 9.49. The number of hydrogen-bond acceptors (Lipinski definition) is 5. The second-order valence-electron chi connectivity index (χ2n) is 8.63. The maximum atomic E-state index is 13.6. The SMILES string of the molecule is COc1cc([C@H]2Nc3ccccc3NC3=C2C(=O)C[C@H](c2ccc(C)cc2)C3)cc(Br)c1O. The van der Waals surface area contributed by atoms with Gasteiger partial charge in [-0.15, -0.1) is 0 Å². The van der Waals surface area contributed by atoms with Gasteiger partial charge in [0.1, 0.15) is 0 Å². The van der Waals surface area contributed by atoms with E-state index in [2.05, 4.69) is 57.8 Å². The molecule has 1 aliphatic heterocycles. The number of anilines is 2. The van der Waals surface area contributed by atoms with Gasteiger partial charge in [0, 0.05) is 17.7 Å². The van der Waals surface area contributed by atoms with Gasteiger partial charge in [-0.05, 0) is 70.6 Å². The Hall–Kier alpha value is -3.25. The Bertz CT molecular complexity index is 1270. The monoisotopic (exact) mass is 504 g/mol. The molecular formula is C27H25BrN2O3. The van der Waals surface area contributed by atoms with E-state index < -0.39 is 0 Å². The fourth-order valence-electron chi connectivity index (χ4n) is 4.73. The van der Waals surface area contributed by atoms with E-state index in [9.17, 15) is 9.90 Å². The number of Topliss-reactive ketones (excluding diaryl/α,β-unsaturated/α-hetero) is 1. The van der Waals surface area contributed by atoms with E-state index in [-0.39, 0.29) is 23.5 Å². The van der Waals surface area contributed by atoms with Crippen molar-refractivity contribution in [1.29, 1.82) is 0 Å². The van der Waals surface area contributed by atoms with Crippen molar-refractivity contribution in [3.63, 3.8) is 0 Å². The Morgan fingerprint density at radius 1 is 1.00 bits per heavy atom. The maximum Gasteiger partial charge on any atom is 0.172 e. The lowest BCUT2D eigenvalue weighted by molar-refractivity contribution is -0.116. The van der Waals surface area contributed by atoms with Crippen LogP contribution in [0.25, 0.3) is 0 Å². The van der Waals surface area contributed by atoms with E-state index in [4.69, 9.17) is 4.74 Å². The molecule has 5 rings (SSSR count). The molecule has 0 spiro atoms. The Morgan fingerprint density at radius 2 is 1.73 bits per heavy atom. The lowest BCUT2D eigenvalue weighted by Crippen LogP contribution is -2.27. The van der Waals surface area contributed by atoms with Gasteiger partial charge in [-0.3, -0.25) is 4.79 Å². The number of halogens is 1. The number of allylic oxidation sites excluding steroid dienone is 1. The van der Waals surface area contributed by atoms with Crippen LogP contribution in [0.1, 0.15) is 41.5 Å². The molecule has 0 unspecified atom stereocenters. The minimum Gasteiger partial charge on any atom is -0.503 e. The van der Waals surface area contributed by atoms with Crippen molar-refractivity contribution < 1.29 is 14.6 Å². The third-order valence-electron chi connectivity index (χ3n) is 6.46. The molecule has 0 saturated carbocycles. The van der Waals surface area contributed by atoms with Gasteiger partial charge in [-0.25, -0.2) is 0 Å². The van der Waals surface area contributed by atoms with Gasteiger partial charge in [0.15, 0.2) is 17.3 Å². The minimum atomic E-state index is -0.381. The molecule has 5 nitrogen and oxygen atoms in total. The molecule has 0 fully saturated rings. The van der Waals surface area contributed by atoms with Crippen LogP contribution in [0.5, 0.6) is 11.5 Å². The van der Waals surface area contributed by atoms with E-state index in [1.54, 1.807) is 6.07 Å². The molecule has 2 atom stereocenters. The van der Waals surface area contributed by atoms with Crippen molar-refractivity contribution in [1.82, 2.24) is 0 Å². The number of carbonyl (C=O) groups is 1. The van der Waals surface area contributed by atoms with E-state index in [1.165, 1.54) is 18.2 Å². The van der Waals surface area contributed by atoms with Crippen molar-refractivity contribution in [2.24, 2.45) is 0 Å². The van der Waals surface area contributed by atoms with E-state index in [0.717, 1.165) is 34.6 Å². The third-order valence-corrected chi connectivity index (χ3v) is 7.07. The molecule has 1 aliphatic carbocycles. The summed E-state index contributed by atoms with van der Waals surface area (Å²) in [4.78, 5) is 13.6. The lowest BCUT2D eigenvalue weighted by atomic mass is 9.78. The zero-order valence-corrected chi connectivity index (χ0v) is 20.1. The average Bonchev–Trinajstić information content (AvgIpc) is 2.98. The van der Waals surface area contributed by atoms with Crippen molar-refractivity contribution >= 4 is 33.1 Å². The van der Waals surface area contributed by atoms with Crippen molar-refractivity contribution in [2.75, 3.05) is 17.7 Å². The molecule has 0 radical (unpaired) electrons. The molecular weight excluding hydrogens is 480 g/mol. The first-order valence-corrected chi connectivity index (χ1v) is 11.8. The quantitative estimate of drug-likeness (QED) is 0.382. The Kier molecular flexibility index (Phi) is 5.62. The Morgan fingerprint density at radius 3 is 2.45 bits per heavy atom. The van der Waals surface area contributed by atoms with E-state index in [0.29, 0.717) is 16.6 Å². The van der Waals surface area contributed by atoms with Crippen LogP contribution in [0, 0.1) is 6.92 Å². The smallest absolute Gasteiger partial charge is 0.172 e. The van der Waals surface area contributed by atoms with Gasteiger partial charge in [0.05, 0.1) is 29.0 Å². The van der Waals surface area contributed by atoms with E-state index in [1.807, 2.05) is 30.3 Å². The predicted molar refractivity (Wildman–Crippen MR) is 134 cm³/mol. The molecule has 3 aromatic carbocycles.